The lowest BCUT2D eigenvalue weighted by Crippen LogP contribution is -2.31. The quantitative estimate of drug-likeness (QED) is 0.867. The molecule has 2 aromatic rings. The van der Waals surface area contributed by atoms with Gasteiger partial charge in [0.05, 0.1) is 18.8 Å². The van der Waals surface area contributed by atoms with Crippen LogP contribution in [0.25, 0.3) is 0 Å². The Morgan fingerprint density at radius 1 is 1.32 bits per heavy atom. The molecular weight excluding hydrogens is 238 g/mol. The third kappa shape index (κ3) is 2.12. The van der Waals surface area contributed by atoms with E-state index in [2.05, 4.69) is 34.3 Å². The van der Waals surface area contributed by atoms with Crippen LogP contribution in [-0.4, -0.2) is 23.6 Å². The molecule has 2 heterocycles. The second-order valence-corrected chi connectivity index (χ2v) is 5.07. The molecule has 0 amide bonds. The maximum atomic E-state index is 5.50. The Morgan fingerprint density at radius 2 is 2.16 bits per heavy atom. The van der Waals surface area contributed by atoms with E-state index >= 15 is 0 Å². The first-order valence-electron chi connectivity index (χ1n) is 6.62. The molecule has 1 aliphatic rings. The van der Waals surface area contributed by atoms with Crippen LogP contribution in [0.3, 0.4) is 0 Å². The van der Waals surface area contributed by atoms with Gasteiger partial charge in [0, 0.05) is 24.2 Å². The number of imidazole rings is 1. The van der Waals surface area contributed by atoms with Crippen LogP contribution in [0.4, 0.5) is 0 Å². The SMILES string of the molecule is COc1ccc(C)cc1C1NCCc2[nH]c(C)nc21. The molecule has 0 radical (unpaired) electrons. The highest BCUT2D eigenvalue weighted by atomic mass is 16.5. The fourth-order valence-electron chi connectivity index (χ4n) is 2.76. The number of methoxy groups -OCH3 is 1. The minimum atomic E-state index is 0.114. The van der Waals surface area contributed by atoms with Crippen molar-refractivity contribution in [2.45, 2.75) is 26.3 Å². The second kappa shape index (κ2) is 4.70. The summed E-state index contributed by atoms with van der Waals surface area (Å²) in [5, 5.41) is 3.54. The molecule has 1 aromatic carbocycles. The van der Waals surface area contributed by atoms with Gasteiger partial charge >= 0.3 is 0 Å². The first-order chi connectivity index (χ1) is 9.19. The van der Waals surface area contributed by atoms with E-state index in [9.17, 15) is 0 Å². The Kier molecular flexibility index (Phi) is 3.03. The Balaban J connectivity index is 2.10. The minimum absolute atomic E-state index is 0.114. The number of aromatic amines is 1. The average molecular weight is 257 g/mol. The number of hydrogen-bond acceptors (Lipinski definition) is 3. The molecule has 1 atom stereocenters. The van der Waals surface area contributed by atoms with E-state index in [4.69, 9.17) is 4.74 Å². The number of benzene rings is 1. The third-order valence-electron chi connectivity index (χ3n) is 3.62. The molecule has 1 unspecified atom stereocenters. The number of H-pyrrole nitrogens is 1. The average Bonchev–Trinajstić information content (AvgIpc) is 2.78. The lowest BCUT2D eigenvalue weighted by atomic mass is 9.96. The summed E-state index contributed by atoms with van der Waals surface area (Å²) in [7, 11) is 1.72. The number of nitrogens with zero attached hydrogens (tertiary/aromatic N) is 1. The van der Waals surface area contributed by atoms with Crippen molar-refractivity contribution >= 4 is 0 Å². The molecule has 4 heteroatoms. The van der Waals surface area contributed by atoms with Crippen LogP contribution >= 0.6 is 0 Å². The molecule has 1 aliphatic heterocycles. The Hall–Kier alpha value is -1.81. The number of aryl methyl sites for hydroxylation is 2. The van der Waals surface area contributed by atoms with Gasteiger partial charge in [-0.3, -0.25) is 0 Å². The van der Waals surface area contributed by atoms with Crippen molar-refractivity contribution in [3.63, 3.8) is 0 Å². The number of ether oxygens (including phenoxy) is 1. The van der Waals surface area contributed by atoms with E-state index in [0.717, 1.165) is 35.8 Å². The molecule has 2 N–H and O–H groups in total. The molecule has 0 aliphatic carbocycles. The normalized spacial score (nSPS) is 18.2. The van der Waals surface area contributed by atoms with Gasteiger partial charge < -0.3 is 15.0 Å². The summed E-state index contributed by atoms with van der Waals surface area (Å²) in [6.07, 6.45) is 1.00. The minimum Gasteiger partial charge on any atom is -0.496 e. The summed E-state index contributed by atoms with van der Waals surface area (Å²) in [6, 6.07) is 6.39. The first-order valence-corrected chi connectivity index (χ1v) is 6.62. The van der Waals surface area contributed by atoms with Crippen molar-refractivity contribution in [3.05, 3.63) is 46.5 Å². The molecule has 19 heavy (non-hydrogen) atoms. The first kappa shape index (κ1) is 12.2. The zero-order chi connectivity index (χ0) is 13.4. The molecule has 0 saturated heterocycles. The number of fused-ring (bicyclic) bond motifs is 1. The van der Waals surface area contributed by atoms with E-state index in [0.29, 0.717) is 0 Å². The van der Waals surface area contributed by atoms with Gasteiger partial charge in [-0.2, -0.15) is 0 Å². The molecule has 4 nitrogen and oxygen atoms in total. The number of nitrogens with one attached hydrogen (secondary N) is 2. The fourth-order valence-corrected chi connectivity index (χ4v) is 2.76. The number of aromatic nitrogens is 2. The van der Waals surface area contributed by atoms with Gasteiger partial charge in [0.2, 0.25) is 0 Å². The van der Waals surface area contributed by atoms with E-state index in [-0.39, 0.29) is 6.04 Å². The van der Waals surface area contributed by atoms with Crippen molar-refractivity contribution in [1.29, 1.82) is 0 Å². The highest BCUT2D eigenvalue weighted by Crippen LogP contribution is 2.33. The van der Waals surface area contributed by atoms with Crippen LogP contribution in [0, 0.1) is 13.8 Å². The molecule has 100 valence electrons. The summed E-state index contributed by atoms with van der Waals surface area (Å²) in [5.74, 6) is 1.89. The zero-order valence-electron chi connectivity index (χ0n) is 11.6. The van der Waals surface area contributed by atoms with Crippen LogP contribution in [0.15, 0.2) is 18.2 Å². The van der Waals surface area contributed by atoms with E-state index in [1.807, 2.05) is 13.0 Å². The standard InChI is InChI=1S/C15H19N3O/c1-9-4-5-13(19-3)11(8-9)14-15-12(6-7-16-14)17-10(2)18-15/h4-5,8,14,16H,6-7H2,1-3H3,(H,17,18). The lowest BCUT2D eigenvalue weighted by Gasteiger charge is -2.25. The van der Waals surface area contributed by atoms with Crippen molar-refractivity contribution in [2.75, 3.05) is 13.7 Å². The van der Waals surface area contributed by atoms with E-state index in [1.54, 1.807) is 7.11 Å². The summed E-state index contributed by atoms with van der Waals surface area (Å²) in [5.41, 5.74) is 4.74. The summed E-state index contributed by atoms with van der Waals surface area (Å²) >= 11 is 0. The van der Waals surface area contributed by atoms with Gasteiger partial charge in [-0.1, -0.05) is 17.7 Å². The van der Waals surface area contributed by atoms with Gasteiger partial charge in [0.1, 0.15) is 11.6 Å². The van der Waals surface area contributed by atoms with Crippen LogP contribution in [0.2, 0.25) is 0 Å². The topological polar surface area (TPSA) is 49.9 Å². The Labute approximate surface area is 113 Å². The third-order valence-corrected chi connectivity index (χ3v) is 3.62. The monoisotopic (exact) mass is 257 g/mol. The van der Waals surface area contributed by atoms with E-state index in [1.165, 1.54) is 11.3 Å². The highest BCUT2D eigenvalue weighted by Gasteiger charge is 2.27. The molecule has 0 saturated carbocycles. The van der Waals surface area contributed by atoms with Crippen LogP contribution in [0.1, 0.15) is 34.4 Å². The zero-order valence-corrected chi connectivity index (χ0v) is 11.6. The van der Waals surface area contributed by atoms with Gasteiger partial charge in [-0.15, -0.1) is 0 Å². The molecule has 1 aromatic heterocycles. The van der Waals surface area contributed by atoms with Crippen molar-refractivity contribution in [1.82, 2.24) is 15.3 Å². The van der Waals surface area contributed by atoms with Crippen LogP contribution < -0.4 is 10.1 Å². The van der Waals surface area contributed by atoms with Crippen molar-refractivity contribution < 1.29 is 4.74 Å². The molecule has 0 bridgehead atoms. The predicted molar refractivity (Wildman–Crippen MR) is 74.6 cm³/mol. The van der Waals surface area contributed by atoms with Gasteiger partial charge in [-0.25, -0.2) is 4.98 Å². The second-order valence-electron chi connectivity index (χ2n) is 5.07. The molecule has 0 spiro atoms. The summed E-state index contributed by atoms with van der Waals surface area (Å²) in [4.78, 5) is 8.00. The summed E-state index contributed by atoms with van der Waals surface area (Å²) < 4.78 is 5.50. The highest BCUT2D eigenvalue weighted by molar-refractivity contribution is 5.44. The summed E-state index contributed by atoms with van der Waals surface area (Å²) in [6.45, 7) is 5.06. The molecule has 3 rings (SSSR count). The molecule has 0 fully saturated rings. The maximum absolute atomic E-state index is 5.50. The van der Waals surface area contributed by atoms with Gasteiger partial charge in [-0.05, 0) is 19.9 Å². The number of hydrogen-bond donors (Lipinski definition) is 2. The largest absolute Gasteiger partial charge is 0.496 e. The van der Waals surface area contributed by atoms with Gasteiger partial charge in [0.15, 0.2) is 0 Å². The predicted octanol–water partition coefficient (Wildman–Crippen LogP) is 2.27. The van der Waals surface area contributed by atoms with Gasteiger partial charge in [0.25, 0.3) is 0 Å². The van der Waals surface area contributed by atoms with E-state index < -0.39 is 0 Å². The van der Waals surface area contributed by atoms with Crippen molar-refractivity contribution in [2.24, 2.45) is 0 Å². The Bertz CT molecular complexity index is 603. The molecular formula is C15H19N3O. The lowest BCUT2D eigenvalue weighted by molar-refractivity contribution is 0.401. The smallest absolute Gasteiger partial charge is 0.124 e. The van der Waals surface area contributed by atoms with Crippen molar-refractivity contribution in [3.8, 4) is 5.75 Å². The Morgan fingerprint density at radius 3 is 2.95 bits per heavy atom. The number of rotatable bonds is 2. The van der Waals surface area contributed by atoms with Crippen LogP contribution in [0.5, 0.6) is 5.75 Å². The fraction of sp³-hybridized carbons (Fsp3) is 0.400. The maximum Gasteiger partial charge on any atom is 0.124 e. The van der Waals surface area contributed by atoms with Crippen LogP contribution in [-0.2, 0) is 6.42 Å².